The van der Waals surface area contributed by atoms with Gasteiger partial charge < -0.3 is 9.80 Å². The van der Waals surface area contributed by atoms with Gasteiger partial charge in [-0.15, -0.1) is 0 Å². The van der Waals surface area contributed by atoms with Gasteiger partial charge in [-0.2, -0.15) is 0 Å². The molecule has 5 heteroatoms. The van der Waals surface area contributed by atoms with Gasteiger partial charge in [0.1, 0.15) is 17.8 Å². The van der Waals surface area contributed by atoms with Gasteiger partial charge in [0, 0.05) is 31.4 Å². The monoisotopic (exact) mass is 310 g/mol. The average molecular weight is 310 g/mol. The molecule has 1 aliphatic rings. The normalized spacial score (nSPS) is 13.6. The Kier molecular flexibility index (Phi) is 4.55. The van der Waals surface area contributed by atoms with Gasteiger partial charge in [0.15, 0.2) is 0 Å². The molecule has 0 N–H and O–H groups in total. The van der Waals surface area contributed by atoms with E-state index in [0.29, 0.717) is 5.69 Å². The van der Waals surface area contributed by atoms with Crippen LogP contribution in [0.5, 0.6) is 0 Å². The van der Waals surface area contributed by atoms with Crippen molar-refractivity contribution in [1.29, 1.82) is 0 Å². The molecule has 0 saturated carbocycles. The van der Waals surface area contributed by atoms with E-state index in [0.717, 1.165) is 44.0 Å². The zero-order valence-corrected chi connectivity index (χ0v) is 13.7. The number of para-hydroxylation sites is 1. The van der Waals surface area contributed by atoms with Crippen LogP contribution in [-0.2, 0) is 6.42 Å². The summed E-state index contributed by atoms with van der Waals surface area (Å²) in [5, 5.41) is 0. The Balaban J connectivity index is 1.91. The summed E-state index contributed by atoms with van der Waals surface area (Å²) in [7, 11) is 0. The molecule has 2 aromatic rings. The highest BCUT2D eigenvalue weighted by molar-refractivity contribution is 6.05. The molecule has 0 bridgehead atoms. The number of nitrogens with zero attached hydrogens (tertiary/aromatic N) is 4. The first-order valence-corrected chi connectivity index (χ1v) is 8.21. The van der Waals surface area contributed by atoms with Gasteiger partial charge in [-0.1, -0.05) is 18.2 Å². The van der Waals surface area contributed by atoms with Crippen LogP contribution >= 0.6 is 0 Å². The molecule has 1 amide bonds. The van der Waals surface area contributed by atoms with E-state index in [1.807, 2.05) is 23.1 Å². The van der Waals surface area contributed by atoms with Crippen molar-refractivity contribution in [2.45, 2.75) is 26.7 Å². The molecule has 0 fully saturated rings. The van der Waals surface area contributed by atoms with E-state index in [-0.39, 0.29) is 5.91 Å². The van der Waals surface area contributed by atoms with Crippen molar-refractivity contribution in [3.63, 3.8) is 0 Å². The van der Waals surface area contributed by atoms with E-state index in [4.69, 9.17) is 0 Å². The quantitative estimate of drug-likeness (QED) is 0.871. The maximum absolute atomic E-state index is 12.9. The Morgan fingerprint density at radius 2 is 2.00 bits per heavy atom. The number of aromatic nitrogens is 2. The molecule has 0 unspecified atom stereocenters. The first kappa shape index (κ1) is 15.5. The first-order chi connectivity index (χ1) is 11.2. The number of fused-ring (bicyclic) bond motifs is 1. The second-order valence-electron chi connectivity index (χ2n) is 5.62. The molecule has 0 atom stereocenters. The molecule has 23 heavy (non-hydrogen) atoms. The molecule has 1 aliphatic heterocycles. The minimum atomic E-state index is -0.0482. The summed E-state index contributed by atoms with van der Waals surface area (Å²) in [6, 6.07) is 9.91. The van der Waals surface area contributed by atoms with Crippen molar-refractivity contribution < 1.29 is 4.79 Å². The second-order valence-corrected chi connectivity index (χ2v) is 5.62. The topological polar surface area (TPSA) is 49.3 Å². The third-order valence-corrected chi connectivity index (χ3v) is 4.31. The summed E-state index contributed by atoms with van der Waals surface area (Å²) in [4.78, 5) is 25.4. The maximum Gasteiger partial charge on any atom is 0.277 e. The van der Waals surface area contributed by atoms with E-state index < -0.39 is 0 Å². The summed E-state index contributed by atoms with van der Waals surface area (Å²) in [6.45, 7) is 6.60. The van der Waals surface area contributed by atoms with Gasteiger partial charge in [0.05, 0.1) is 0 Å². The van der Waals surface area contributed by atoms with Gasteiger partial charge in [-0.25, -0.2) is 9.97 Å². The highest BCUT2D eigenvalue weighted by atomic mass is 16.2. The molecule has 120 valence electrons. The van der Waals surface area contributed by atoms with Crippen molar-refractivity contribution in [3.05, 3.63) is 47.9 Å². The second kappa shape index (κ2) is 6.77. The number of carbonyl (C=O) groups excluding carboxylic acids is 1. The summed E-state index contributed by atoms with van der Waals surface area (Å²) in [5.41, 5.74) is 2.69. The zero-order valence-electron chi connectivity index (χ0n) is 13.7. The van der Waals surface area contributed by atoms with Crippen molar-refractivity contribution in [2.75, 3.05) is 29.4 Å². The molecule has 5 nitrogen and oxygen atoms in total. The number of anilines is 2. The fourth-order valence-corrected chi connectivity index (χ4v) is 3.07. The largest absolute Gasteiger partial charge is 0.357 e. The van der Waals surface area contributed by atoms with Crippen LogP contribution < -0.4 is 9.80 Å². The molecule has 0 radical (unpaired) electrons. The van der Waals surface area contributed by atoms with Crippen molar-refractivity contribution in [2.24, 2.45) is 0 Å². The van der Waals surface area contributed by atoms with Crippen LogP contribution in [0.25, 0.3) is 0 Å². The zero-order chi connectivity index (χ0) is 16.2. The minimum absolute atomic E-state index is 0.0482. The predicted octanol–water partition coefficient (Wildman–Crippen LogP) is 2.92. The van der Waals surface area contributed by atoms with Crippen LogP contribution in [0.1, 0.15) is 36.3 Å². The van der Waals surface area contributed by atoms with E-state index in [2.05, 4.69) is 34.8 Å². The predicted molar refractivity (Wildman–Crippen MR) is 92.0 cm³/mol. The molecule has 0 aliphatic carbocycles. The molecule has 1 aromatic heterocycles. The van der Waals surface area contributed by atoms with Crippen LogP contribution in [0, 0.1) is 0 Å². The number of hydrogen-bond donors (Lipinski definition) is 0. The van der Waals surface area contributed by atoms with Crippen molar-refractivity contribution in [3.8, 4) is 0 Å². The Hall–Kier alpha value is -2.43. The van der Waals surface area contributed by atoms with Gasteiger partial charge >= 0.3 is 0 Å². The Morgan fingerprint density at radius 1 is 1.22 bits per heavy atom. The molecule has 2 heterocycles. The van der Waals surface area contributed by atoms with Gasteiger partial charge in [-0.3, -0.25) is 4.79 Å². The van der Waals surface area contributed by atoms with Crippen molar-refractivity contribution in [1.82, 2.24) is 9.97 Å². The molecule has 0 saturated heterocycles. The fraction of sp³-hybridized carbons (Fsp3) is 0.389. The Bertz CT molecular complexity index is 697. The lowest BCUT2D eigenvalue weighted by molar-refractivity contribution is 0.0980. The molecular formula is C18H22N4O. The van der Waals surface area contributed by atoms with E-state index >= 15 is 0 Å². The molecular weight excluding hydrogens is 288 g/mol. The number of hydrogen-bond acceptors (Lipinski definition) is 4. The van der Waals surface area contributed by atoms with Crippen LogP contribution in [0.3, 0.4) is 0 Å². The maximum atomic E-state index is 12.9. The standard InChI is InChI=1S/C18H22N4O/c1-3-21(4-2)17-12-15(19-13-20-17)18(23)22-11-7-9-14-8-5-6-10-16(14)22/h5-6,8,10,12-13H,3-4,7,9,11H2,1-2H3. The lowest BCUT2D eigenvalue weighted by atomic mass is 10.0. The van der Waals surface area contributed by atoms with Gasteiger partial charge in [-0.05, 0) is 38.3 Å². The minimum Gasteiger partial charge on any atom is -0.357 e. The van der Waals surface area contributed by atoms with E-state index in [1.165, 1.54) is 11.9 Å². The smallest absolute Gasteiger partial charge is 0.277 e. The van der Waals surface area contributed by atoms with Crippen LogP contribution in [-0.4, -0.2) is 35.5 Å². The lowest BCUT2D eigenvalue weighted by Gasteiger charge is -2.29. The third kappa shape index (κ3) is 3.04. The number of amides is 1. The number of rotatable bonds is 4. The number of aryl methyl sites for hydroxylation is 1. The van der Waals surface area contributed by atoms with Crippen LogP contribution in [0.4, 0.5) is 11.5 Å². The lowest BCUT2D eigenvalue weighted by Crippen LogP contribution is -2.36. The summed E-state index contributed by atoms with van der Waals surface area (Å²) in [5.74, 6) is 0.756. The summed E-state index contributed by atoms with van der Waals surface area (Å²) < 4.78 is 0. The fourth-order valence-electron chi connectivity index (χ4n) is 3.07. The number of carbonyl (C=O) groups is 1. The summed E-state index contributed by atoms with van der Waals surface area (Å²) >= 11 is 0. The third-order valence-electron chi connectivity index (χ3n) is 4.31. The van der Waals surface area contributed by atoms with E-state index in [1.54, 1.807) is 6.07 Å². The van der Waals surface area contributed by atoms with Gasteiger partial charge in [0.2, 0.25) is 0 Å². The van der Waals surface area contributed by atoms with E-state index in [9.17, 15) is 4.79 Å². The number of benzene rings is 1. The molecule has 3 rings (SSSR count). The van der Waals surface area contributed by atoms with Crippen LogP contribution in [0.2, 0.25) is 0 Å². The van der Waals surface area contributed by atoms with Gasteiger partial charge in [0.25, 0.3) is 5.91 Å². The highest BCUT2D eigenvalue weighted by Gasteiger charge is 2.24. The summed E-state index contributed by atoms with van der Waals surface area (Å²) in [6.07, 6.45) is 3.49. The SMILES string of the molecule is CCN(CC)c1cc(C(=O)N2CCCc3ccccc32)ncn1. The molecule has 0 spiro atoms. The Labute approximate surface area is 137 Å². The molecule has 1 aromatic carbocycles. The van der Waals surface area contributed by atoms with Crippen molar-refractivity contribution >= 4 is 17.4 Å². The Morgan fingerprint density at radius 3 is 2.78 bits per heavy atom. The van der Waals surface area contributed by atoms with Crippen LogP contribution in [0.15, 0.2) is 36.7 Å². The highest BCUT2D eigenvalue weighted by Crippen LogP contribution is 2.28. The first-order valence-electron chi connectivity index (χ1n) is 8.21. The average Bonchev–Trinajstić information content (AvgIpc) is 2.62.